The number of nitriles is 1. The molecule has 0 atom stereocenters. The lowest BCUT2D eigenvalue weighted by Crippen LogP contribution is -2.39. The Kier molecular flexibility index (Phi) is 7.03. The number of aryl methyl sites for hydroxylation is 1. The van der Waals surface area contributed by atoms with Crippen molar-refractivity contribution in [2.45, 2.75) is 73.3 Å². The van der Waals surface area contributed by atoms with E-state index in [0.717, 1.165) is 23.2 Å². The Labute approximate surface area is 158 Å². The Morgan fingerprint density at radius 1 is 1.23 bits per heavy atom. The highest BCUT2D eigenvalue weighted by Gasteiger charge is 2.25. The first-order valence-corrected chi connectivity index (χ1v) is 9.15. The van der Waals surface area contributed by atoms with Gasteiger partial charge in [-0.15, -0.1) is 0 Å². The van der Waals surface area contributed by atoms with Gasteiger partial charge < -0.3 is 10.6 Å². The first kappa shape index (κ1) is 21.8. The van der Waals surface area contributed by atoms with Gasteiger partial charge in [-0.2, -0.15) is 5.26 Å². The molecule has 0 unspecified atom stereocenters. The lowest BCUT2D eigenvalue weighted by atomic mass is 9.82. The zero-order valence-corrected chi connectivity index (χ0v) is 17.4. The van der Waals surface area contributed by atoms with Gasteiger partial charge in [-0.25, -0.2) is 0 Å². The number of nitrogens with one attached hydrogen (secondary N) is 2. The molecule has 2 N–H and O–H groups in total. The average Bonchev–Trinajstić information content (AvgIpc) is 2.47. The predicted molar refractivity (Wildman–Crippen MR) is 109 cm³/mol. The number of nitrogens with zero attached hydrogens (tertiary/aromatic N) is 1. The van der Waals surface area contributed by atoms with Gasteiger partial charge in [0.1, 0.15) is 11.6 Å². The second-order valence-corrected chi connectivity index (χ2v) is 9.08. The van der Waals surface area contributed by atoms with Crippen LogP contribution in [0.4, 0.5) is 5.69 Å². The molecule has 0 aromatic heterocycles. The molecule has 26 heavy (non-hydrogen) atoms. The van der Waals surface area contributed by atoms with Gasteiger partial charge in [-0.05, 0) is 49.7 Å². The summed E-state index contributed by atoms with van der Waals surface area (Å²) in [5.41, 5.74) is 2.85. The molecule has 142 valence electrons. The van der Waals surface area contributed by atoms with Crippen molar-refractivity contribution >= 4 is 11.6 Å². The number of para-hydroxylation sites is 1. The van der Waals surface area contributed by atoms with Crippen LogP contribution in [0.25, 0.3) is 0 Å². The molecule has 1 aromatic carbocycles. The molecule has 0 aliphatic heterocycles. The lowest BCUT2D eigenvalue weighted by molar-refractivity contribution is -0.112. The number of hydrogen-bond donors (Lipinski definition) is 2. The van der Waals surface area contributed by atoms with Crippen molar-refractivity contribution in [2.24, 2.45) is 5.41 Å². The highest BCUT2D eigenvalue weighted by atomic mass is 16.1. The van der Waals surface area contributed by atoms with Crippen molar-refractivity contribution in [3.05, 3.63) is 41.1 Å². The van der Waals surface area contributed by atoms with E-state index in [1.165, 1.54) is 6.20 Å². The zero-order chi connectivity index (χ0) is 20.1. The van der Waals surface area contributed by atoms with Gasteiger partial charge >= 0.3 is 0 Å². The van der Waals surface area contributed by atoms with Crippen molar-refractivity contribution in [2.75, 3.05) is 5.32 Å². The van der Waals surface area contributed by atoms with Crippen LogP contribution in [-0.2, 0) is 4.79 Å². The third-order valence-corrected chi connectivity index (χ3v) is 4.11. The van der Waals surface area contributed by atoms with Crippen molar-refractivity contribution in [1.82, 2.24) is 5.32 Å². The number of benzene rings is 1. The lowest BCUT2D eigenvalue weighted by Gasteiger charge is -2.33. The number of carbonyl (C=O) groups excluding carboxylic acids is 1. The molecule has 0 aliphatic carbocycles. The molecule has 0 fully saturated rings. The quantitative estimate of drug-likeness (QED) is 0.540. The largest absolute Gasteiger partial charge is 0.385 e. The molecule has 0 saturated carbocycles. The van der Waals surface area contributed by atoms with E-state index < -0.39 is 0 Å². The van der Waals surface area contributed by atoms with Crippen molar-refractivity contribution in [1.29, 1.82) is 5.26 Å². The van der Waals surface area contributed by atoms with Crippen molar-refractivity contribution in [3.63, 3.8) is 0 Å². The van der Waals surface area contributed by atoms with E-state index in [0.29, 0.717) is 0 Å². The monoisotopic (exact) mass is 355 g/mol. The van der Waals surface area contributed by atoms with E-state index in [-0.39, 0.29) is 28.4 Å². The van der Waals surface area contributed by atoms with E-state index >= 15 is 0 Å². The summed E-state index contributed by atoms with van der Waals surface area (Å²) in [6, 6.07) is 7.96. The standard InChI is InChI=1S/C22H33N3O/c1-15(2)18-11-9-10-16(3)19(18)25-20(26)17(12-23)13-24-22(7,8)14-21(4,5)6/h9-11,13,15,24H,14H2,1-8H3,(H,25,26)/b17-13-. The fourth-order valence-corrected chi connectivity index (χ4v) is 3.32. The molecular formula is C22H33N3O. The molecule has 1 rings (SSSR count). The Morgan fingerprint density at radius 3 is 2.35 bits per heavy atom. The Balaban J connectivity index is 3.00. The molecule has 0 bridgehead atoms. The highest BCUT2D eigenvalue weighted by molar-refractivity contribution is 6.07. The summed E-state index contributed by atoms with van der Waals surface area (Å²) in [6.07, 6.45) is 2.44. The minimum absolute atomic E-state index is 0.0740. The first-order chi connectivity index (χ1) is 11.9. The minimum Gasteiger partial charge on any atom is -0.385 e. The molecule has 1 aromatic rings. The minimum atomic E-state index is -0.386. The van der Waals surface area contributed by atoms with Gasteiger partial charge in [-0.3, -0.25) is 4.79 Å². The third-order valence-electron chi connectivity index (χ3n) is 4.11. The molecule has 0 aliphatic rings. The third kappa shape index (κ3) is 6.55. The van der Waals surface area contributed by atoms with Gasteiger partial charge in [-0.1, -0.05) is 52.8 Å². The van der Waals surface area contributed by atoms with Gasteiger partial charge in [0.05, 0.1) is 0 Å². The molecular weight excluding hydrogens is 322 g/mol. The normalized spacial score (nSPS) is 12.7. The summed E-state index contributed by atoms with van der Waals surface area (Å²) in [6.45, 7) is 16.8. The molecule has 0 spiro atoms. The summed E-state index contributed by atoms with van der Waals surface area (Å²) in [7, 11) is 0. The van der Waals surface area contributed by atoms with Crippen LogP contribution >= 0.6 is 0 Å². The molecule has 4 heteroatoms. The Morgan fingerprint density at radius 2 is 1.85 bits per heavy atom. The number of rotatable bonds is 6. The van der Waals surface area contributed by atoms with Crippen LogP contribution in [0.15, 0.2) is 30.0 Å². The second kappa shape index (κ2) is 8.40. The van der Waals surface area contributed by atoms with Gasteiger partial charge in [0.15, 0.2) is 0 Å². The number of hydrogen-bond acceptors (Lipinski definition) is 3. The number of anilines is 1. The molecule has 0 heterocycles. The average molecular weight is 356 g/mol. The van der Waals surface area contributed by atoms with Crippen LogP contribution in [0.1, 0.15) is 71.9 Å². The predicted octanol–water partition coefficient (Wildman–Crippen LogP) is 5.27. The zero-order valence-electron chi connectivity index (χ0n) is 17.4. The fourth-order valence-electron chi connectivity index (χ4n) is 3.32. The molecule has 0 saturated heterocycles. The van der Waals surface area contributed by atoms with E-state index in [9.17, 15) is 10.1 Å². The van der Waals surface area contributed by atoms with Gasteiger partial charge in [0.2, 0.25) is 0 Å². The molecule has 4 nitrogen and oxygen atoms in total. The van der Waals surface area contributed by atoms with Crippen LogP contribution in [0.2, 0.25) is 0 Å². The summed E-state index contributed by atoms with van der Waals surface area (Å²) < 4.78 is 0. The maximum absolute atomic E-state index is 12.6. The van der Waals surface area contributed by atoms with Crippen LogP contribution in [0.5, 0.6) is 0 Å². The van der Waals surface area contributed by atoms with Crippen molar-refractivity contribution < 1.29 is 4.79 Å². The molecule has 1 amide bonds. The van der Waals surface area contributed by atoms with E-state index in [4.69, 9.17) is 0 Å². The summed E-state index contributed by atoms with van der Waals surface area (Å²) >= 11 is 0. The highest BCUT2D eigenvalue weighted by Crippen LogP contribution is 2.28. The summed E-state index contributed by atoms with van der Waals surface area (Å²) in [5, 5.41) is 15.6. The first-order valence-electron chi connectivity index (χ1n) is 9.15. The van der Waals surface area contributed by atoms with Crippen LogP contribution in [0, 0.1) is 23.7 Å². The van der Waals surface area contributed by atoms with Gasteiger partial charge in [0, 0.05) is 17.4 Å². The van der Waals surface area contributed by atoms with Crippen LogP contribution in [0.3, 0.4) is 0 Å². The van der Waals surface area contributed by atoms with E-state index in [1.807, 2.05) is 31.2 Å². The number of carbonyl (C=O) groups is 1. The van der Waals surface area contributed by atoms with E-state index in [1.54, 1.807) is 0 Å². The SMILES string of the molecule is Cc1cccc(C(C)C)c1NC(=O)/C(C#N)=C\NC(C)(C)CC(C)(C)C. The smallest absolute Gasteiger partial charge is 0.267 e. The maximum Gasteiger partial charge on any atom is 0.267 e. The topological polar surface area (TPSA) is 64.9 Å². The van der Waals surface area contributed by atoms with Crippen molar-refractivity contribution in [3.8, 4) is 6.07 Å². The Hall–Kier alpha value is -2.28. The second-order valence-electron chi connectivity index (χ2n) is 9.08. The molecule has 0 radical (unpaired) electrons. The summed E-state index contributed by atoms with van der Waals surface area (Å²) in [4.78, 5) is 12.6. The fraction of sp³-hybridized carbons (Fsp3) is 0.545. The number of amides is 1. The van der Waals surface area contributed by atoms with Crippen LogP contribution < -0.4 is 10.6 Å². The van der Waals surface area contributed by atoms with E-state index in [2.05, 4.69) is 59.1 Å². The maximum atomic E-state index is 12.6. The van der Waals surface area contributed by atoms with Crippen LogP contribution in [-0.4, -0.2) is 11.4 Å². The summed E-state index contributed by atoms with van der Waals surface area (Å²) in [5.74, 6) is -0.105. The Bertz CT molecular complexity index is 716. The van der Waals surface area contributed by atoms with Gasteiger partial charge in [0.25, 0.3) is 5.91 Å².